The Hall–Kier alpha value is -2.20. The van der Waals surface area contributed by atoms with Crippen LogP contribution in [0, 0.1) is 0 Å². The maximum Gasteiger partial charge on any atom is 0.161 e. The van der Waals surface area contributed by atoms with Gasteiger partial charge < -0.3 is 9.47 Å². The van der Waals surface area contributed by atoms with Crippen molar-refractivity contribution in [1.29, 1.82) is 0 Å². The summed E-state index contributed by atoms with van der Waals surface area (Å²) in [6.07, 6.45) is 1.71. The molecule has 0 unspecified atom stereocenters. The van der Waals surface area contributed by atoms with Gasteiger partial charge in [0.05, 0.1) is 25.6 Å². The van der Waals surface area contributed by atoms with Gasteiger partial charge in [-0.3, -0.25) is 5.43 Å². The smallest absolute Gasteiger partial charge is 0.161 e. The number of hydrogen-bond donors (Lipinski definition) is 1. The largest absolute Gasteiger partial charge is 0.493 e. The zero-order valence-corrected chi connectivity index (χ0v) is 12.7. The molecule has 0 heterocycles. The first-order valence-electron chi connectivity index (χ1n) is 6.58. The van der Waals surface area contributed by atoms with Crippen LogP contribution in [-0.2, 0) is 0 Å². The lowest BCUT2D eigenvalue weighted by molar-refractivity contribution is 0.311. The molecule has 21 heavy (non-hydrogen) atoms. The molecule has 110 valence electrons. The maximum atomic E-state index is 5.91. The Morgan fingerprint density at radius 3 is 2.76 bits per heavy atom. The summed E-state index contributed by atoms with van der Waals surface area (Å²) in [5.41, 5.74) is 4.66. The van der Waals surface area contributed by atoms with E-state index in [9.17, 15) is 0 Å². The number of hydrogen-bond acceptors (Lipinski definition) is 4. The summed E-state index contributed by atoms with van der Waals surface area (Å²) in [5.74, 6) is 1.41. The third-order valence-corrected chi connectivity index (χ3v) is 2.95. The number of nitrogens with zero attached hydrogens (tertiary/aromatic N) is 1. The van der Waals surface area contributed by atoms with E-state index in [1.54, 1.807) is 19.4 Å². The van der Waals surface area contributed by atoms with Crippen LogP contribution < -0.4 is 14.9 Å². The highest BCUT2D eigenvalue weighted by Gasteiger charge is 2.03. The van der Waals surface area contributed by atoms with Crippen molar-refractivity contribution in [3.63, 3.8) is 0 Å². The molecule has 0 amide bonds. The Morgan fingerprint density at radius 1 is 1.19 bits per heavy atom. The standard InChI is InChI=1S/C16H17ClN2O2/c1-3-21-15-8-7-12(9-16(15)20-2)11-18-19-14-6-4-5-13(17)10-14/h4-11,19H,3H2,1-2H3/b18-11-. The summed E-state index contributed by atoms with van der Waals surface area (Å²) in [5, 5.41) is 4.84. The third kappa shape index (κ3) is 4.39. The molecule has 0 spiro atoms. The Balaban J connectivity index is 2.07. The van der Waals surface area contributed by atoms with Gasteiger partial charge in [0.15, 0.2) is 11.5 Å². The lowest BCUT2D eigenvalue weighted by Crippen LogP contribution is -1.96. The van der Waals surface area contributed by atoms with Crippen LogP contribution >= 0.6 is 11.6 Å². The van der Waals surface area contributed by atoms with Crippen molar-refractivity contribution in [2.24, 2.45) is 5.10 Å². The molecule has 0 aliphatic carbocycles. The van der Waals surface area contributed by atoms with Gasteiger partial charge >= 0.3 is 0 Å². The van der Waals surface area contributed by atoms with Crippen LogP contribution in [0.3, 0.4) is 0 Å². The van der Waals surface area contributed by atoms with Crippen LogP contribution in [-0.4, -0.2) is 19.9 Å². The normalized spacial score (nSPS) is 10.6. The maximum absolute atomic E-state index is 5.91. The van der Waals surface area contributed by atoms with Crippen LogP contribution in [0.2, 0.25) is 5.02 Å². The lowest BCUT2D eigenvalue weighted by Gasteiger charge is -2.09. The van der Waals surface area contributed by atoms with Crippen LogP contribution in [0.15, 0.2) is 47.6 Å². The van der Waals surface area contributed by atoms with Crippen LogP contribution in [0.25, 0.3) is 0 Å². The molecule has 0 aliphatic rings. The number of anilines is 1. The van der Waals surface area contributed by atoms with E-state index in [4.69, 9.17) is 21.1 Å². The van der Waals surface area contributed by atoms with Crippen molar-refractivity contribution in [1.82, 2.24) is 0 Å². The average molecular weight is 305 g/mol. The number of nitrogens with one attached hydrogen (secondary N) is 1. The van der Waals surface area contributed by atoms with Crippen molar-refractivity contribution in [3.05, 3.63) is 53.1 Å². The monoisotopic (exact) mass is 304 g/mol. The second-order valence-electron chi connectivity index (χ2n) is 4.22. The van der Waals surface area contributed by atoms with Crippen molar-refractivity contribution in [2.45, 2.75) is 6.92 Å². The SMILES string of the molecule is CCOc1ccc(/C=N\Nc2cccc(Cl)c2)cc1OC. The minimum atomic E-state index is 0.597. The molecule has 0 radical (unpaired) electrons. The van der Waals surface area contributed by atoms with Gasteiger partial charge in [-0.1, -0.05) is 17.7 Å². The molecule has 2 aromatic rings. The van der Waals surface area contributed by atoms with Crippen molar-refractivity contribution in [2.75, 3.05) is 19.1 Å². The van der Waals surface area contributed by atoms with Gasteiger partial charge in [0.2, 0.25) is 0 Å². The fourth-order valence-corrected chi connectivity index (χ4v) is 1.97. The van der Waals surface area contributed by atoms with Crippen molar-refractivity contribution < 1.29 is 9.47 Å². The predicted molar refractivity (Wildman–Crippen MR) is 86.8 cm³/mol. The van der Waals surface area contributed by atoms with Gasteiger partial charge in [0, 0.05) is 5.02 Å². The van der Waals surface area contributed by atoms with Gasteiger partial charge in [0.25, 0.3) is 0 Å². The number of hydrazone groups is 1. The summed E-state index contributed by atoms with van der Waals surface area (Å²) < 4.78 is 10.8. The second-order valence-corrected chi connectivity index (χ2v) is 4.66. The second kappa shape index (κ2) is 7.55. The molecule has 0 saturated carbocycles. The fourth-order valence-electron chi connectivity index (χ4n) is 1.78. The molecule has 0 aliphatic heterocycles. The highest BCUT2D eigenvalue weighted by atomic mass is 35.5. The minimum Gasteiger partial charge on any atom is -0.493 e. The van der Waals surface area contributed by atoms with E-state index in [0.717, 1.165) is 17.0 Å². The summed E-state index contributed by atoms with van der Waals surface area (Å²) in [6, 6.07) is 13.0. The fraction of sp³-hybridized carbons (Fsp3) is 0.188. The number of halogens is 1. The number of methoxy groups -OCH3 is 1. The summed E-state index contributed by atoms with van der Waals surface area (Å²) in [6.45, 7) is 2.53. The van der Waals surface area contributed by atoms with Crippen molar-refractivity contribution in [3.8, 4) is 11.5 Å². The first kappa shape index (κ1) is 15.2. The number of rotatable bonds is 6. The van der Waals surface area contributed by atoms with Gasteiger partial charge in [-0.15, -0.1) is 0 Å². The van der Waals surface area contributed by atoms with E-state index in [1.807, 2.05) is 43.3 Å². The van der Waals surface area contributed by atoms with Gasteiger partial charge in [-0.2, -0.15) is 5.10 Å². The first-order chi connectivity index (χ1) is 10.2. The van der Waals surface area contributed by atoms with E-state index in [2.05, 4.69) is 10.5 Å². The zero-order valence-electron chi connectivity index (χ0n) is 12.0. The van der Waals surface area contributed by atoms with E-state index < -0.39 is 0 Å². The topological polar surface area (TPSA) is 42.8 Å². The molecule has 1 N–H and O–H groups in total. The molecule has 5 heteroatoms. The van der Waals surface area contributed by atoms with E-state index in [0.29, 0.717) is 17.4 Å². The predicted octanol–water partition coefficient (Wildman–Crippen LogP) is 4.19. The Labute approximate surface area is 129 Å². The Morgan fingerprint density at radius 2 is 2.05 bits per heavy atom. The first-order valence-corrected chi connectivity index (χ1v) is 6.96. The number of ether oxygens (including phenoxy) is 2. The van der Waals surface area contributed by atoms with E-state index in [-0.39, 0.29) is 0 Å². The molecule has 0 saturated heterocycles. The average Bonchev–Trinajstić information content (AvgIpc) is 2.49. The van der Waals surface area contributed by atoms with E-state index >= 15 is 0 Å². The summed E-state index contributed by atoms with van der Waals surface area (Å²) >= 11 is 5.91. The minimum absolute atomic E-state index is 0.597. The molecule has 4 nitrogen and oxygen atoms in total. The van der Waals surface area contributed by atoms with Crippen LogP contribution in [0.4, 0.5) is 5.69 Å². The highest BCUT2D eigenvalue weighted by molar-refractivity contribution is 6.30. The van der Waals surface area contributed by atoms with Crippen molar-refractivity contribution >= 4 is 23.5 Å². The van der Waals surface area contributed by atoms with Gasteiger partial charge in [-0.05, 0) is 48.9 Å². The molecule has 0 aromatic heterocycles. The Kier molecular flexibility index (Phi) is 5.46. The molecule has 0 atom stereocenters. The van der Waals surface area contributed by atoms with Gasteiger partial charge in [-0.25, -0.2) is 0 Å². The molecular weight excluding hydrogens is 288 g/mol. The van der Waals surface area contributed by atoms with Crippen LogP contribution in [0.1, 0.15) is 12.5 Å². The quantitative estimate of drug-likeness (QED) is 0.642. The molecule has 2 rings (SSSR count). The van der Waals surface area contributed by atoms with E-state index in [1.165, 1.54) is 0 Å². The zero-order chi connectivity index (χ0) is 15.1. The summed E-state index contributed by atoms with van der Waals surface area (Å²) in [7, 11) is 1.61. The highest BCUT2D eigenvalue weighted by Crippen LogP contribution is 2.27. The Bertz CT molecular complexity index is 629. The molecule has 0 fully saturated rings. The molecule has 0 bridgehead atoms. The van der Waals surface area contributed by atoms with Crippen LogP contribution in [0.5, 0.6) is 11.5 Å². The molecule has 2 aromatic carbocycles. The third-order valence-electron chi connectivity index (χ3n) is 2.72. The lowest BCUT2D eigenvalue weighted by atomic mass is 10.2. The molecular formula is C16H17ClN2O2. The van der Waals surface area contributed by atoms with Gasteiger partial charge in [0.1, 0.15) is 0 Å². The summed E-state index contributed by atoms with van der Waals surface area (Å²) in [4.78, 5) is 0. The number of benzene rings is 2.